The van der Waals surface area contributed by atoms with Crippen molar-refractivity contribution < 1.29 is 0 Å². The van der Waals surface area contributed by atoms with E-state index in [2.05, 4.69) is 44.2 Å². The zero-order chi connectivity index (χ0) is 14.3. The average molecular weight is 283 g/mol. The van der Waals surface area contributed by atoms with Crippen molar-refractivity contribution in [1.29, 1.82) is 0 Å². The lowest BCUT2D eigenvalue weighted by Crippen LogP contribution is -2.18. The summed E-state index contributed by atoms with van der Waals surface area (Å²) < 4.78 is 0. The van der Waals surface area contributed by atoms with Crippen LogP contribution in [-0.2, 0) is 0 Å². The highest BCUT2D eigenvalue weighted by Gasteiger charge is 2.08. The fourth-order valence-corrected chi connectivity index (χ4v) is 2.40. The predicted molar refractivity (Wildman–Crippen MR) is 87.6 cm³/mol. The molecule has 1 aromatic carbocycles. The smallest absolute Gasteiger partial charge is 0.0597 e. The largest absolute Gasteiger partial charge is 0.381 e. The Labute approximate surface area is 123 Å². The van der Waals surface area contributed by atoms with Crippen LogP contribution in [0.4, 0.5) is 11.4 Å². The molecular formula is C16H27ClN2. The molecule has 0 saturated carbocycles. The molecule has 0 amide bonds. The molecule has 0 aliphatic rings. The Morgan fingerprint density at radius 1 is 1.21 bits per heavy atom. The summed E-state index contributed by atoms with van der Waals surface area (Å²) in [5, 5.41) is 4.37. The molecule has 0 radical (unpaired) electrons. The van der Waals surface area contributed by atoms with Gasteiger partial charge in [0.25, 0.3) is 0 Å². The number of unbranched alkanes of at least 4 members (excludes halogenated alkanes) is 3. The van der Waals surface area contributed by atoms with Crippen molar-refractivity contribution >= 4 is 23.0 Å². The summed E-state index contributed by atoms with van der Waals surface area (Å²) in [5.41, 5.74) is 2.31. The van der Waals surface area contributed by atoms with Crippen molar-refractivity contribution in [2.45, 2.75) is 52.0 Å². The minimum atomic E-state index is 0.481. The first-order valence-corrected chi connectivity index (χ1v) is 7.65. The zero-order valence-electron chi connectivity index (χ0n) is 12.7. The average Bonchev–Trinajstić information content (AvgIpc) is 2.34. The van der Waals surface area contributed by atoms with E-state index in [1.54, 1.807) is 0 Å². The van der Waals surface area contributed by atoms with Crippen LogP contribution in [0.5, 0.6) is 0 Å². The lowest BCUT2D eigenvalue weighted by Gasteiger charge is -2.22. The molecular weight excluding hydrogens is 256 g/mol. The van der Waals surface area contributed by atoms with Crippen LogP contribution in [0.25, 0.3) is 0 Å². The van der Waals surface area contributed by atoms with Gasteiger partial charge in [-0.1, -0.05) is 44.2 Å². The zero-order valence-corrected chi connectivity index (χ0v) is 13.4. The van der Waals surface area contributed by atoms with E-state index in [4.69, 9.17) is 11.6 Å². The summed E-state index contributed by atoms with van der Waals surface area (Å²) in [5.74, 6) is 0. The molecule has 1 atom stereocenters. The second-order valence-electron chi connectivity index (χ2n) is 5.45. The van der Waals surface area contributed by atoms with E-state index in [9.17, 15) is 0 Å². The second kappa shape index (κ2) is 8.31. The number of nitrogens with one attached hydrogen (secondary N) is 1. The lowest BCUT2D eigenvalue weighted by atomic mass is 10.1. The molecule has 0 aromatic heterocycles. The van der Waals surface area contributed by atoms with Gasteiger partial charge in [-0.15, -0.1) is 0 Å². The van der Waals surface area contributed by atoms with E-state index >= 15 is 0 Å². The van der Waals surface area contributed by atoms with Crippen LogP contribution in [0.2, 0.25) is 5.02 Å². The molecule has 0 heterocycles. The maximum atomic E-state index is 6.09. The van der Waals surface area contributed by atoms with Crippen LogP contribution < -0.4 is 10.2 Å². The summed E-state index contributed by atoms with van der Waals surface area (Å²) in [4.78, 5) is 2.11. The third kappa shape index (κ3) is 5.73. The van der Waals surface area contributed by atoms with Gasteiger partial charge in [-0.2, -0.15) is 0 Å². The van der Waals surface area contributed by atoms with Gasteiger partial charge in [0.05, 0.1) is 11.4 Å². The van der Waals surface area contributed by atoms with Gasteiger partial charge in [-0.05, 0) is 31.5 Å². The molecule has 0 saturated heterocycles. The van der Waals surface area contributed by atoms with E-state index in [-0.39, 0.29) is 0 Å². The Balaban J connectivity index is 2.57. The summed E-state index contributed by atoms with van der Waals surface area (Å²) in [6.07, 6.45) is 6.46. The minimum absolute atomic E-state index is 0.481. The fourth-order valence-electron chi connectivity index (χ4n) is 2.23. The third-order valence-electron chi connectivity index (χ3n) is 3.33. The molecule has 19 heavy (non-hydrogen) atoms. The van der Waals surface area contributed by atoms with Crippen LogP contribution in [-0.4, -0.2) is 20.1 Å². The standard InChI is InChI=1S/C16H27ClN2/c1-5-6-7-8-9-13(2)18-15-12-14(17)10-11-16(15)19(3)4/h10-13,18H,5-9H2,1-4H3. The Kier molecular flexibility index (Phi) is 7.07. The van der Waals surface area contributed by atoms with Crippen LogP contribution in [0.15, 0.2) is 18.2 Å². The van der Waals surface area contributed by atoms with Crippen molar-refractivity contribution in [2.24, 2.45) is 0 Å². The highest BCUT2D eigenvalue weighted by Crippen LogP contribution is 2.28. The van der Waals surface area contributed by atoms with Gasteiger partial charge in [-0.25, -0.2) is 0 Å². The van der Waals surface area contributed by atoms with Crippen LogP contribution in [0.1, 0.15) is 46.0 Å². The highest BCUT2D eigenvalue weighted by molar-refractivity contribution is 6.31. The van der Waals surface area contributed by atoms with Crippen molar-refractivity contribution in [1.82, 2.24) is 0 Å². The lowest BCUT2D eigenvalue weighted by molar-refractivity contribution is 0.594. The molecule has 1 unspecified atom stereocenters. The predicted octanol–water partition coefficient (Wildman–Crippen LogP) is 5.18. The molecule has 0 spiro atoms. The Bertz CT molecular complexity index is 377. The number of hydrogen-bond acceptors (Lipinski definition) is 2. The van der Waals surface area contributed by atoms with Crippen LogP contribution in [0.3, 0.4) is 0 Å². The Morgan fingerprint density at radius 3 is 2.58 bits per heavy atom. The number of hydrogen-bond donors (Lipinski definition) is 1. The summed E-state index contributed by atoms with van der Waals surface area (Å²) >= 11 is 6.09. The van der Waals surface area contributed by atoms with Gasteiger partial charge in [0.1, 0.15) is 0 Å². The number of anilines is 2. The highest BCUT2D eigenvalue weighted by atomic mass is 35.5. The molecule has 2 nitrogen and oxygen atoms in total. The molecule has 1 rings (SSSR count). The normalized spacial score (nSPS) is 12.3. The van der Waals surface area contributed by atoms with E-state index in [1.807, 2.05) is 12.1 Å². The van der Waals surface area contributed by atoms with Gasteiger partial charge in [-0.3, -0.25) is 0 Å². The maximum Gasteiger partial charge on any atom is 0.0597 e. The van der Waals surface area contributed by atoms with Gasteiger partial charge < -0.3 is 10.2 Å². The number of benzene rings is 1. The maximum absolute atomic E-state index is 6.09. The second-order valence-corrected chi connectivity index (χ2v) is 5.89. The first-order valence-electron chi connectivity index (χ1n) is 7.28. The quantitative estimate of drug-likeness (QED) is 0.661. The summed E-state index contributed by atoms with van der Waals surface area (Å²) in [6.45, 7) is 4.49. The Morgan fingerprint density at radius 2 is 1.95 bits per heavy atom. The molecule has 0 fully saturated rings. The van der Waals surface area contributed by atoms with Crippen molar-refractivity contribution in [3.05, 3.63) is 23.2 Å². The van der Waals surface area contributed by atoms with E-state index in [0.29, 0.717) is 6.04 Å². The third-order valence-corrected chi connectivity index (χ3v) is 3.57. The first-order chi connectivity index (χ1) is 9.04. The van der Waals surface area contributed by atoms with Crippen LogP contribution >= 0.6 is 11.6 Å². The van der Waals surface area contributed by atoms with Crippen molar-refractivity contribution in [3.8, 4) is 0 Å². The molecule has 1 N–H and O–H groups in total. The summed E-state index contributed by atoms with van der Waals surface area (Å²) in [6, 6.07) is 6.50. The number of rotatable bonds is 8. The molecule has 1 aromatic rings. The molecule has 3 heteroatoms. The van der Waals surface area contributed by atoms with Crippen molar-refractivity contribution in [3.63, 3.8) is 0 Å². The minimum Gasteiger partial charge on any atom is -0.381 e. The number of halogens is 1. The first kappa shape index (κ1) is 16.2. The van der Waals surface area contributed by atoms with Gasteiger partial charge in [0, 0.05) is 25.2 Å². The molecule has 0 aliphatic carbocycles. The molecule has 0 aliphatic heterocycles. The summed E-state index contributed by atoms with van der Waals surface area (Å²) in [7, 11) is 4.11. The molecule has 0 bridgehead atoms. The van der Waals surface area contributed by atoms with Gasteiger partial charge in [0.2, 0.25) is 0 Å². The Hall–Kier alpha value is -0.890. The van der Waals surface area contributed by atoms with Gasteiger partial charge >= 0.3 is 0 Å². The molecule has 108 valence electrons. The van der Waals surface area contributed by atoms with E-state index in [0.717, 1.165) is 10.7 Å². The SMILES string of the molecule is CCCCCCC(C)Nc1cc(Cl)ccc1N(C)C. The monoisotopic (exact) mass is 282 g/mol. The van der Waals surface area contributed by atoms with Crippen molar-refractivity contribution in [2.75, 3.05) is 24.3 Å². The van der Waals surface area contributed by atoms with Crippen LogP contribution in [0, 0.1) is 0 Å². The topological polar surface area (TPSA) is 15.3 Å². The van der Waals surface area contributed by atoms with Gasteiger partial charge in [0.15, 0.2) is 0 Å². The van der Waals surface area contributed by atoms with E-state index < -0.39 is 0 Å². The fraction of sp³-hybridized carbons (Fsp3) is 0.625. The van der Waals surface area contributed by atoms with E-state index in [1.165, 1.54) is 37.8 Å². The number of nitrogens with zero attached hydrogens (tertiary/aromatic N) is 1.